The summed E-state index contributed by atoms with van der Waals surface area (Å²) in [6.07, 6.45) is -0.953. The molecule has 4 atom stereocenters. The lowest BCUT2D eigenvalue weighted by Gasteiger charge is -2.41. The van der Waals surface area contributed by atoms with Crippen LogP contribution in [0.15, 0.2) is 137 Å². The zero-order chi connectivity index (χ0) is 33.5. The van der Waals surface area contributed by atoms with Crippen LogP contribution in [0.4, 0.5) is 0 Å². The summed E-state index contributed by atoms with van der Waals surface area (Å²) in [4.78, 5) is 1.28. The first-order valence-electron chi connectivity index (χ1n) is 15.9. The number of sulfonamides is 1. The number of thioether (sulfide) groups is 1. The van der Waals surface area contributed by atoms with E-state index in [1.165, 1.54) is 0 Å². The molecule has 9 heteroatoms. The molecule has 0 bridgehead atoms. The molecular formula is C39H39NO6S2. The van der Waals surface area contributed by atoms with E-state index in [9.17, 15) is 13.5 Å². The fraction of sp³-hybridized carbons (Fsp3) is 0.231. The zero-order valence-electron chi connectivity index (χ0n) is 26.9. The Morgan fingerprint density at radius 1 is 0.792 bits per heavy atom. The van der Waals surface area contributed by atoms with Crippen molar-refractivity contribution in [3.63, 3.8) is 0 Å². The Hall–Kier alpha value is -3.96. The van der Waals surface area contributed by atoms with Crippen molar-refractivity contribution >= 4 is 21.8 Å². The molecular weight excluding hydrogens is 643 g/mol. The average Bonchev–Trinajstić information content (AvgIpc) is 3.14. The first-order chi connectivity index (χ1) is 23.4. The predicted molar refractivity (Wildman–Crippen MR) is 189 cm³/mol. The van der Waals surface area contributed by atoms with Crippen LogP contribution < -0.4 is 9.46 Å². The third kappa shape index (κ3) is 7.84. The lowest BCUT2D eigenvalue weighted by Crippen LogP contribution is -2.38. The minimum atomic E-state index is -3.65. The minimum absolute atomic E-state index is 0.0142. The zero-order valence-corrected chi connectivity index (χ0v) is 28.5. The van der Waals surface area contributed by atoms with Crippen molar-refractivity contribution in [2.45, 2.75) is 48.4 Å². The molecule has 1 fully saturated rings. The second-order valence-electron chi connectivity index (χ2n) is 11.7. The molecule has 0 spiro atoms. The number of ether oxygens (including phenoxy) is 3. The first kappa shape index (κ1) is 33.9. The smallest absolute Gasteiger partial charge is 0.240 e. The summed E-state index contributed by atoms with van der Waals surface area (Å²) in [5.74, 6) is 1.59. The van der Waals surface area contributed by atoms with Gasteiger partial charge in [0.05, 0.1) is 30.8 Å². The number of rotatable bonds is 12. The van der Waals surface area contributed by atoms with Gasteiger partial charge in [-0.15, -0.1) is 11.8 Å². The minimum Gasteiger partial charge on any atom is -0.496 e. The van der Waals surface area contributed by atoms with Gasteiger partial charge in [-0.2, -0.15) is 0 Å². The maximum absolute atomic E-state index is 12.9. The molecule has 0 radical (unpaired) electrons. The van der Waals surface area contributed by atoms with E-state index in [0.717, 1.165) is 44.0 Å². The van der Waals surface area contributed by atoms with Gasteiger partial charge in [-0.1, -0.05) is 110 Å². The topological polar surface area (TPSA) is 94.1 Å². The molecule has 0 saturated carbocycles. The highest BCUT2D eigenvalue weighted by Gasteiger charge is 2.38. The Bertz CT molecular complexity index is 1900. The van der Waals surface area contributed by atoms with Gasteiger partial charge in [0, 0.05) is 28.7 Å². The van der Waals surface area contributed by atoms with Gasteiger partial charge >= 0.3 is 0 Å². The van der Waals surface area contributed by atoms with E-state index in [2.05, 4.69) is 17.7 Å². The number of para-hydroxylation sites is 1. The highest BCUT2D eigenvalue weighted by atomic mass is 32.2. The van der Waals surface area contributed by atoms with Crippen LogP contribution in [0.5, 0.6) is 5.75 Å². The van der Waals surface area contributed by atoms with E-state index >= 15 is 0 Å². The fourth-order valence-corrected chi connectivity index (χ4v) is 8.07. The summed E-state index contributed by atoms with van der Waals surface area (Å²) < 4.78 is 47.4. The normalized spacial score (nSPS) is 19.6. The summed E-state index contributed by atoms with van der Waals surface area (Å²) in [6, 6.07) is 40.1. The van der Waals surface area contributed by atoms with Gasteiger partial charge in [-0.25, -0.2) is 13.1 Å². The Balaban J connectivity index is 1.23. The molecule has 1 heterocycles. The molecule has 7 nitrogen and oxygen atoms in total. The van der Waals surface area contributed by atoms with Crippen molar-refractivity contribution in [2.75, 3.05) is 12.9 Å². The summed E-state index contributed by atoms with van der Waals surface area (Å²) in [7, 11) is -1.97. The molecule has 5 aromatic rings. The molecule has 0 amide bonds. The van der Waals surface area contributed by atoms with Gasteiger partial charge in [0.1, 0.15) is 5.75 Å². The van der Waals surface area contributed by atoms with Crippen molar-refractivity contribution < 1.29 is 27.7 Å². The average molecular weight is 682 g/mol. The lowest BCUT2D eigenvalue weighted by molar-refractivity contribution is -0.268. The standard InChI is InChI=1S/C39H39NO6S2/c1-27-36(26-47-37-15-9-8-14-35(37)44-2)45-39(46-38(27)30-18-16-28(25-41)17-19-30)31-22-20-29(21-23-31)34-13-7-6-10-32(34)24-40-48(42,43)33-11-4-3-5-12-33/h3-23,27,36,38-41H,24-26H2,1-2H3/t27-,36+,38+,39+/m0/s1. The highest BCUT2D eigenvalue weighted by Crippen LogP contribution is 2.44. The van der Waals surface area contributed by atoms with E-state index in [-0.39, 0.29) is 36.2 Å². The van der Waals surface area contributed by atoms with Crippen molar-refractivity contribution in [1.29, 1.82) is 0 Å². The molecule has 248 valence electrons. The molecule has 2 N–H and O–H groups in total. The van der Waals surface area contributed by atoms with Gasteiger partial charge in [0.15, 0.2) is 6.29 Å². The first-order valence-corrected chi connectivity index (χ1v) is 18.3. The second kappa shape index (κ2) is 15.5. The lowest BCUT2D eigenvalue weighted by atomic mass is 9.91. The molecule has 48 heavy (non-hydrogen) atoms. The summed E-state index contributed by atoms with van der Waals surface area (Å²) in [6.45, 7) is 2.30. The van der Waals surface area contributed by atoms with Crippen molar-refractivity contribution in [3.05, 3.63) is 150 Å². The largest absolute Gasteiger partial charge is 0.496 e. The highest BCUT2D eigenvalue weighted by molar-refractivity contribution is 7.99. The number of aliphatic hydroxyl groups is 1. The van der Waals surface area contributed by atoms with Gasteiger partial charge < -0.3 is 19.3 Å². The van der Waals surface area contributed by atoms with Crippen molar-refractivity contribution in [2.24, 2.45) is 5.92 Å². The third-order valence-corrected chi connectivity index (χ3v) is 11.2. The van der Waals surface area contributed by atoms with Crippen LogP contribution in [0.25, 0.3) is 11.1 Å². The Morgan fingerprint density at radius 3 is 2.19 bits per heavy atom. The number of hydrogen-bond donors (Lipinski definition) is 2. The SMILES string of the molecule is COc1ccccc1SC[C@H]1O[C@@H](c2ccc(-c3ccccc3CNS(=O)(=O)c3ccccc3)cc2)O[C@@H](c2ccc(CO)cc2)[C@H]1C. The molecule has 0 unspecified atom stereocenters. The number of methoxy groups -OCH3 is 1. The maximum Gasteiger partial charge on any atom is 0.240 e. The van der Waals surface area contributed by atoms with E-state index < -0.39 is 16.3 Å². The van der Waals surface area contributed by atoms with Crippen LogP contribution in [-0.4, -0.2) is 32.5 Å². The number of hydrogen-bond acceptors (Lipinski definition) is 7. The molecule has 0 aliphatic carbocycles. The summed E-state index contributed by atoms with van der Waals surface area (Å²) in [5.41, 5.74) is 5.52. The molecule has 1 aliphatic rings. The summed E-state index contributed by atoms with van der Waals surface area (Å²) >= 11 is 1.70. The van der Waals surface area contributed by atoms with Gasteiger partial charge in [0.25, 0.3) is 0 Å². The molecule has 1 saturated heterocycles. The Kier molecular flexibility index (Phi) is 11.0. The van der Waals surface area contributed by atoms with Gasteiger partial charge in [-0.3, -0.25) is 0 Å². The van der Waals surface area contributed by atoms with Crippen molar-refractivity contribution in [1.82, 2.24) is 4.72 Å². The molecule has 0 aromatic heterocycles. The third-order valence-electron chi connectivity index (χ3n) is 8.61. The maximum atomic E-state index is 12.9. The van der Waals surface area contributed by atoms with Crippen molar-refractivity contribution in [3.8, 4) is 16.9 Å². The Morgan fingerprint density at radius 2 is 1.46 bits per heavy atom. The molecule has 6 rings (SSSR count). The fourth-order valence-electron chi connectivity index (χ4n) is 5.85. The Labute approximate surface area is 287 Å². The van der Waals surface area contributed by atoms with Crippen LogP contribution in [-0.2, 0) is 32.6 Å². The van der Waals surface area contributed by atoms with Crippen LogP contribution in [0.1, 0.15) is 41.6 Å². The predicted octanol–water partition coefficient (Wildman–Crippen LogP) is 7.92. The number of benzene rings is 5. The van der Waals surface area contributed by atoms with Crippen LogP contribution in [0.2, 0.25) is 0 Å². The number of nitrogens with one attached hydrogen (secondary N) is 1. The second-order valence-corrected chi connectivity index (χ2v) is 14.5. The number of aliphatic hydroxyl groups excluding tert-OH is 1. The molecule has 5 aromatic carbocycles. The van der Waals surface area contributed by atoms with Gasteiger partial charge in [-0.05, 0) is 52.1 Å². The van der Waals surface area contributed by atoms with Crippen LogP contribution >= 0.6 is 11.8 Å². The van der Waals surface area contributed by atoms with Crippen LogP contribution in [0, 0.1) is 5.92 Å². The van der Waals surface area contributed by atoms with Crippen LogP contribution in [0.3, 0.4) is 0 Å². The molecule has 1 aliphatic heterocycles. The van der Waals surface area contributed by atoms with E-state index in [1.807, 2.05) is 91.0 Å². The quantitative estimate of drug-likeness (QED) is 0.129. The van der Waals surface area contributed by atoms with E-state index in [4.69, 9.17) is 14.2 Å². The summed E-state index contributed by atoms with van der Waals surface area (Å²) in [5, 5.41) is 9.58. The van der Waals surface area contributed by atoms with E-state index in [0.29, 0.717) is 5.75 Å². The monoisotopic (exact) mass is 681 g/mol. The van der Waals surface area contributed by atoms with Gasteiger partial charge in [0.2, 0.25) is 10.0 Å². The van der Waals surface area contributed by atoms with E-state index in [1.54, 1.807) is 49.2 Å².